The maximum atomic E-state index is 12.7. The van der Waals surface area contributed by atoms with Crippen LogP contribution in [0.1, 0.15) is 46.3 Å². The molecular formula is C22H20N4O4S. The molecule has 0 radical (unpaired) electrons. The number of non-ortho nitro benzene ring substituents is 1. The number of Topliss-reactive ketones (excluding diaryl/α,β-unsaturated/α-hetero) is 1. The third kappa shape index (κ3) is 5.05. The molecule has 0 spiro atoms. The molecular weight excluding hydrogens is 416 g/mol. The average Bonchev–Trinajstić information content (AvgIpc) is 3.12. The van der Waals surface area contributed by atoms with Crippen molar-refractivity contribution in [1.29, 1.82) is 0 Å². The molecule has 1 heterocycles. The summed E-state index contributed by atoms with van der Waals surface area (Å²) in [6, 6.07) is 11.7. The summed E-state index contributed by atoms with van der Waals surface area (Å²) in [6.07, 6.45) is 5.93. The lowest BCUT2D eigenvalue weighted by Crippen LogP contribution is -2.26. The minimum absolute atomic E-state index is 0.00601. The SMILES string of the molecule is O=C(CC1S/C(=N\N=C\c2ccc([N+](=O)[O-])cc2)NC1=O)c1ccc2c(c1)CCCC2. The number of rotatable bonds is 6. The Morgan fingerprint density at radius 3 is 2.65 bits per heavy atom. The van der Waals surface area contributed by atoms with Gasteiger partial charge in [0.05, 0.1) is 16.4 Å². The predicted molar refractivity (Wildman–Crippen MR) is 120 cm³/mol. The number of hydrogen-bond donors (Lipinski definition) is 1. The zero-order chi connectivity index (χ0) is 21.8. The van der Waals surface area contributed by atoms with Crippen LogP contribution in [0, 0.1) is 10.1 Å². The summed E-state index contributed by atoms with van der Waals surface area (Å²) in [4.78, 5) is 35.1. The zero-order valence-electron chi connectivity index (χ0n) is 16.6. The molecule has 1 fully saturated rings. The van der Waals surface area contributed by atoms with Gasteiger partial charge in [0.15, 0.2) is 11.0 Å². The van der Waals surface area contributed by atoms with E-state index < -0.39 is 10.2 Å². The van der Waals surface area contributed by atoms with E-state index >= 15 is 0 Å². The smallest absolute Gasteiger partial charge is 0.269 e. The van der Waals surface area contributed by atoms with Crippen LogP contribution in [0.2, 0.25) is 0 Å². The fourth-order valence-electron chi connectivity index (χ4n) is 3.61. The first kappa shape index (κ1) is 20.9. The van der Waals surface area contributed by atoms with Gasteiger partial charge in [0.2, 0.25) is 5.91 Å². The maximum Gasteiger partial charge on any atom is 0.269 e. The van der Waals surface area contributed by atoms with Gasteiger partial charge in [0.1, 0.15) is 0 Å². The number of hydrogen-bond acceptors (Lipinski definition) is 7. The van der Waals surface area contributed by atoms with Crippen molar-refractivity contribution in [3.8, 4) is 0 Å². The minimum Gasteiger partial charge on any atom is -0.303 e. The summed E-state index contributed by atoms with van der Waals surface area (Å²) >= 11 is 1.18. The van der Waals surface area contributed by atoms with Crippen LogP contribution >= 0.6 is 11.8 Å². The molecule has 1 unspecified atom stereocenters. The third-order valence-electron chi connectivity index (χ3n) is 5.28. The number of amides is 1. The van der Waals surface area contributed by atoms with Crippen LogP contribution in [0.4, 0.5) is 5.69 Å². The van der Waals surface area contributed by atoms with E-state index in [1.165, 1.54) is 47.7 Å². The van der Waals surface area contributed by atoms with E-state index in [0.717, 1.165) is 19.3 Å². The molecule has 2 aliphatic rings. The second-order valence-corrected chi connectivity index (χ2v) is 8.60. The lowest BCUT2D eigenvalue weighted by atomic mass is 9.89. The average molecular weight is 436 g/mol. The number of aryl methyl sites for hydroxylation is 2. The largest absolute Gasteiger partial charge is 0.303 e. The number of benzene rings is 2. The lowest BCUT2D eigenvalue weighted by molar-refractivity contribution is -0.384. The Morgan fingerprint density at radius 1 is 1.16 bits per heavy atom. The van der Waals surface area contributed by atoms with Gasteiger partial charge in [0, 0.05) is 24.1 Å². The van der Waals surface area contributed by atoms with Crippen LogP contribution in [0.3, 0.4) is 0 Å². The standard InChI is InChI=1S/C22H20N4O4S/c27-19(17-8-7-15-3-1-2-4-16(15)11-17)12-20-21(28)24-22(31-20)25-23-13-14-5-9-18(10-6-14)26(29)30/h5-11,13,20H,1-4,12H2,(H,24,25,28)/b23-13+. The highest BCUT2D eigenvalue weighted by atomic mass is 32.2. The van der Waals surface area contributed by atoms with E-state index in [4.69, 9.17) is 0 Å². The number of carbonyl (C=O) groups excluding carboxylic acids is 2. The Morgan fingerprint density at radius 2 is 1.90 bits per heavy atom. The van der Waals surface area contributed by atoms with Gasteiger partial charge in [-0.25, -0.2) is 0 Å². The number of nitro benzene ring substituents is 1. The Kier molecular flexibility index (Phi) is 6.22. The topological polar surface area (TPSA) is 114 Å². The molecule has 31 heavy (non-hydrogen) atoms. The Balaban J connectivity index is 1.36. The number of nitrogens with zero attached hydrogens (tertiary/aromatic N) is 3. The second-order valence-electron chi connectivity index (χ2n) is 7.41. The zero-order valence-corrected chi connectivity index (χ0v) is 17.4. The highest BCUT2D eigenvalue weighted by molar-refractivity contribution is 8.15. The molecule has 8 nitrogen and oxygen atoms in total. The van der Waals surface area contributed by atoms with E-state index in [2.05, 4.69) is 15.5 Å². The molecule has 1 aliphatic heterocycles. The van der Waals surface area contributed by atoms with Crippen LogP contribution in [0.15, 0.2) is 52.7 Å². The van der Waals surface area contributed by atoms with Crippen molar-refractivity contribution < 1.29 is 14.5 Å². The van der Waals surface area contributed by atoms with Crippen LogP contribution in [0.25, 0.3) is 0 Å². The van der Waals surface area contributed by atoms with Crippen LogP contribution in [0.5, 0.6) is 0 Å². The number of thioether (sulfide) groups is 1. The van der Waals surface area contributed by atoms with Crippen molar-refractivity contribution in [3.63, 3.8) is 0 Å². The van der Waals surface area contributed by atoms with Gasteiger partial charge >= 0.3 is 0 Å². The van der Waals surface area contributed by atoms with Crippen LogP contribution in [-0.2, 0) is 17.6 Å². The van der Waals surface area contributed by atoms with Gasteiger partial charge in [0.25, 0.3) is 5.69 Å². The molecule has 2 aromatic rings. The number of carbonyl (C=O) groups is 2. The van der Waals surface area contributed by atoms with Crippen molar-refractivity contribution in [2.45, 2.75) is 37.4 Å². The first-order valence-electron chi connectivity index (χ1n) is 9.97. The number of nitrogens with one attached hydrogen (secondary N) is 1. The van der Waals surface area contributed by atoms with Gasteiger partial charge < -0.3 is 5.32 Å². The van der Waals surface area contributed by atoms with Crippen molar-refractivity contribution >= 4 is 40.5 Å². The summed E-state index contributed by atoms with van der Waals surface area (Å²) in [5, 5.41) is 21.0. The molecule has 1 saturated heterocycles. The van der Waals surface area contributed by atoms with E-state index in [1.807, 2.05) is 18.2 Å². The summed E-state index contributed by atoms with van der Waals surface area (Å²) in [6.45, 7) is 0. The Hall–Kier alpha value is -3.33. The predicted octanol–water partition coefficient (Wildman–Crippen LogP) is 3.67. The lowest BCUT2D eigenvalue weighted by Gasteiger charge is -2.16. The molecule has 1 aliphatic carbocycles. The minimum atomic E-state index is -0.545. The van der Waals surface area contributed by atoms with Crippen molar-refractivity contribution in [2.75, 3.05) is 0 Å². The molecule has 0 saturated carbocycles. The van der Waals surface area contributed by atoms with Gasteiger partial charge in [-0.2, -0.15) is 5.10 Å². The number of nitro groups is 1. The number of fused-ring (bicyclic) bond motifs is 1. The molecule has 158 valence electrons. The van der Waals surface area contributed by atoms with E-state index in [0.29, 0.717) is 16.3 Å². The monoisotopic (exact) mass is 436 g/mol. The molecule has 2 aromatic carbocycles. The van der Waals surface area contributed by atoms with Crippen molar-refractivity contribution in [1.82, 2.24) is 5.32 Å². The summed E-state index contributed by atoms with van der Waals surface area (Å²) in [5.41, 5.74) is 3.84. The Labute approximate surface area is 183 Å². The molecule has 9 heteroatoms. The highest BCUT2D eigenvalue weighted by Gasteiger charge is 2.32. The van der Waals surface area contributed by atoms with E-state index in [1.54, 1.807) is 12.1 Å². The first-order valence-corrected chi connectivity index (χ1v) is 10.9. The normalized spacial score (nSPS) is 19.4. The third-order valence-corrected chi connectivity index (χ3v) is 6.35. The fourth-order valence-corrected chi connectivity index (χ4v) is 4.53. The molecule has 1 amide bonds. The van der Waals surface area contributed by atoms with Gasteiger partial charge in [-0.3, -0.25) is 19.7 Å². The summed E-state index contributed by atoms with van der Waals surface area (Å²) < 4.78 is 0. The quantitative estimate of drug-likeness (QED) is 0.321. The fraction of sp³-hybridized carbons (Fsp3) is 0.273. The highest BCUT2D eigenvalue weighted by Crippen LogP contribution is 2.26. The number of amidine groups is 1. The van der Waals surface area contributed by atoms with Crippen LogP contribution in [-0.4, -0.2) is 33.2 Å². The van der Waals surface area contributed by atoms with Crippen molar-refractivity contribution in [2.24, 2.45) is 10.2 Å². The summed E-state index contributed by atoms with van der Waals surface area (Å²) in [7, 11) is 0. The van der Waals surface area contributed by atoms with E-state index in [9.17, 15) is 19.7 Å². The van der Waals surface area contributed by atoms with Crippen LogP contribution < -0.4 is 5.32 Å². The molecule has 1 N–H and O–H groups in total. The summed E-state index contributed by atoms with van der Waals surface area (Å²) in [5.74, 6) is -0.322. The molecule has 0 bridgehead atoms. The maximum absolute atomic E-state index is 12.7. The first-order chi connectivity index (χ1) is 15.0. The van der Waals surface area contributed by atoms with Gasteiger partial charge in [-0.1, -0.05) is 23.9 Å². The number of ketones is 1. The van der Waals surface area contributed by atoms with Crippen molar-refractivity contribution in [3.05, 3.63) is 74.8 Å². The molecule has 1 atom stereocenters. The van der Waals surface area contributed by atoms with E-state index in [-0.39, 0.29) is 23.8 Å². The Bertz CT molecular complexity index is 1100. The molecule has 4 rings (SSSR count). The van der Waals surface area contributed by atoms with Gasteiger partial charge in [-0.05, 0) is 60.6 Å². The van der Waals surface area contributed by atoms with Gasteiger partial charge in [-0.15, -0.1) is 5.10 Å². The molecule has 0 aromatic heterocycles. The second kappa shape index (κ2) is 9.22.